The predicted molar refractivity (Wildman–Crippen MR) is 131 cm³/mol. The third-order valence-corrected chi connectivity index (χ3v) is 5.42. The van der Waals surface area contributed by atoms with Crippen molar-refractivity contribution in [1.29, 1.82) is 0 Å². The maximum atomic E-state index is 13.8. The summed E-state index contributed by atoms with van der Waals surface area (Å²) < 4.78 is 27.7. The van der Waals surface area contributed by atoms with Crippen molar-refractivity contribution in [3.8, 4) is 28.7 Å². The summed E-state index contributed by atoms with van der Waals surface area (Å²) in [5.41, 5.74) is 2.06. The van der Waals surface area contributed by atoms with Gasteiger partial charge < -0.3 is 28.6 Å². The lowest BCUT2D eigenvalue weighted by atomic mass is 10.1. The van der Waals surface area contributed by atoms with Crippen LogP contribution in [0.1, 0.15) is 15.9 Å². The molecule has 0 unspecified atom stereocenters. The van der Waals surface area contributed by atoms with Crippen LogP contribution in [0.25, 0.3) is 6.08 Å². The predicted octanol–water partition coefficient (Wildman–Crippen LogP) is 4.84. The fourth-order valence-electron chi connectivity index (χ4n) is 3.71. The highest BCUT2D eigenvalue weighted by Gasteiger charge is 2.25. The fourth-order valence-corrected chi connectivity index (χ4v) is 3.71. The first kappa shape index (κ1) is 23.0. The number of fused-ring (bicyclic) bond motifs is 1. The lowest BCUT2D eigenvalue weighted by Crippen LogP contribution is -2.31. The maximum absolute atomic E-state index is 13.8. The van der Waals surface area contributed by atoms with E-state index < -0.39 is 0 Å². The molecule has 1 aliphatic rings. The second kappa shape index (κ2) is 10.7. The summed E-state index contributed by atoms with van der Waals surface area (Å²) in [4.78, 5) is 15.5. The number of amides is 1. The van der Waals surface area contributed by atoms with Crippen molar-refractivity contribution in [3.05, 3.63) is 77.9 Å². The Balaban J connectivity index is 1.73. The summed E-state index contributed by atoms with van der Waals surface area (Å²) in [7, 11) is 4.58. The van der Waals surface area contributed by atoms with E-state index in [-0.39, 0.29) is 5.91 Å². The third-order valence-electron chi connectivity index (χ3n) is 5.42. The number of anilines is 1. The minimum Gasteiger partial charge on any atom is -0.496 e. The molecule has 0 N–H and O–H groups in total. The number of ether oxygens (including phenoxy) is 5. The molecule has 0 bridgehead atoms. The Morgan fingerprint density at radius 1 is 0.853 bits per heavy atom. The van der Waals surface area contributed by atoms with Gasteiger partial charge in [0.1, 0.15) is 19.0 Å². The van der Waals surface area contributed by atoms with Gasteiger partial charge in [0.25, 0.3) is 5.91 Å². The van der Waals surface area contributed by atoms with Crippen LogP contribution < -0.4 is 28.6 Å². The molecule has 1 heterocycles. The molecule has 7 nitrogen and oxygen atoms in total. The number of hydrogen-bond acceptors (Lipinski definition) is 6. The SMILES string of the molecule is COc1cc(OC)c(C(=O)N(C/C=C/c2ccccc2)c2ccc3c(c2)OCCO3)cc1OC. The van der Waals surface area contributed by atoms with E-state index in [1.54, 1.807) is 17.0 Å². The van der Waals surface area contributed by atoms with Gasteiger partial charge in [0.2, 0.25) is 0 Å². The molecule has 0 spiro atoms. The second-order valence-corrected chi connectivity index (χ2v) is 7.46. The summed E-state index contributed by atoms with van der Waals surface area (Å²) in [5, 5.41) is 0. The van der Waals surface area contributed by atoms with Crippen LogP contribution in [0, 0.1) is 0 Å². The van der Waals surface area contributed by atoms with E-state index in [1.807, 2.05) is 60.7 Å². The molecule has 0 aliphatic carbocycles. The van der Waals surface area contributed by atoms with Gasteiger partial charge in [-0.2, -0.15) is 0 Å². The van der Waals surface area contributed by atoms with Gasteiger partial charge in [-0.3, -0.25) is 4.79 Å². The van der Waals surface area contributed by atoms with E-state index >= 15 is 0 Å². The van der Waals surface area contributed by atoms with Crippen molar-refractivity contribution < 1.29 is 28.5 Å². The molecule has 0 saturated carbocycles. The van der Waals surface area contributed by atoms with Crippen LogP contribution in [-0.4, -0.2) is 47.0 Å². The molecule has 0 saturated heterocycles. The second-order valence-electron chi connectivity index (χ2n) is 7.46. The van der Waals surface area contributed by atoms with Crippen LogP contribution in [0.5, 0.6) is 28.7 Å². The van der Waals surface area contributed by atoms with Gasteiger partial charge in [-0.25, -0.2) is 0 Å². The zero-order chi connectivity index (χ0) is 23.9. The van der Waals surface area contributed by atoms with Crippen LogP contribution >= 0.6 is 0 Å². The highest BCUT2D eigenvalue weighted by atomic mass is 16.6. The fraction of sp³-hybridized carbons (Fsp3) is 0.222. The zero-order valence-corrected chi connectivity index (χ0v) is 19.4. The first-order chi connectivity index (χ1) is 16.6. The van der Waals surface area contributed by atoms with Crippen molar-refractivity contribution in [1.82, 2.24) is 0 Å². The average molecular weight is 462 g/mol. The molecular formula is C27H27NO6. The van der Waals surface area contributed by atoms with E-state index in [0.717, 1.165) is 5.56 Å². The smallest absolute Gasteiger partial charge is 0.262 e. The van der Waals surface area contributed by atoms with Gasteiger partial charge in [-0.15, -0.1) is 0 Å². The van der Waals surface area contributed by atoms with Gasteiger partial charge in [0.15, 0.2) is 23.0 Å². The maximum Gasteiger partial charge on any atom is 0.262 e. The molecule has 0 aromatic heterocycles. The molecule has 1 amide bonds. The van der Waals surface area contributed by atoms with Crippen LogP contribution in [0.4, 0.5) is 5.69 Å². The summed E-state index contributed by atoms with van der Waals surface area (Å²) in [6.07, 6.45) is 3.92. The van der Waals surface area contributed by atoms with E-state index in [2.05, 4.69) is 0 Å². The largest absolute Gasteiger partial charge is 0.496 e. The highest BCUT2D eigenvalue weighted by Crippen LogP contribution is 2.38. The summed E-state index contributed by atoms with van der Waals surface area (Å²) in [6.45, 7) is 1.28. The molecule has 3 aromatic rings. The molecule has 1 aliphatic heterocycles. The zero-order valence-electron chi connectivity index (χ0n) is 19.4. The van der Waals surface area contributed by atoms with Crippen molar-refractivity contribution in [2.24, 2.45) is 0 Å². The minimum atomic E-state index is -0.257. The Morgan fingerprint density at radius 3 is 2.24 bits per heavy atom. The molecule has 0 fully saturated rings. The third kappa shape index (κ3) is 4.93. The van der Waals surface area contributed by atoms with Crippen LogP contribution in [-0.2, 0) is 0 Å². The number of benzene rings is 3. The Labute approximate surface area is 199 Å². The van der Waals surface area contributed by atoms with Crippen molar-refractivity contribution in [2.45, 2.75) is 0 Å². The minimum absolute atomic E-state index is 0.257. The van der Waals surface area contributed by atoms with Gasteiger partial charge in [-0.1, -0.05) is 42.5 Å². The van der Waals surface area contributed by atoms with E-state index in [0.29, 0.717) is 59.8 Å². The molecule has 7 heteroatoms. The van der Waals surface area contributed by atoms with Crippen LogP contribution in [0.3, 0.4) is 0 Å². The number of carbonyl (C=O) groups is 1. The Morgan fingerprint density at radius 2 is 1.53 bits per heavy atom. The van der Waals surface area contributed by atoms with E-state index in [9.17, 15) is 4.79 Å². The number of hydrogen-bond donors (Lipinski definition) is 0. The lowest BCUT2D eigenvalue weighted by Gasteiger charge is -2.25. The standard InChI is InChI=1S/C27H27NO6/c1-30-23-18-25(32-3)24(31-2)17-21(23)27(29)28(13-7-10-19-8-5-4-6-9-19)20-11-12-22-26(16-20)34-15-14-33-22/h4-12,16-18H,13-15H2,1-3H3/b10-7+. The molecule has 0 atom stereocenters. The van der Waals surface area contributed by atoms with Crippen molar-refractivity contribution in [2.75, 3.05) is 46.0 Å². The van der Waals surface area contributed by atoms with Crippen LogP contribution in [0.2, 0.25) is 0 Å². The quantitative estimate of drug-likeness (QED) is 0.478. The molecule has 4 rings (SSSR count). The molecular weight excluding hydrogens is 434 g/mol. The molecule has 176 valence electrons. The van der Waals surface area contributed by atoms with Crippen molar-refractivity contribution in [3.63, 3.8) is 0 Å². The first-order valence-electron chi connectivity index (χ1n) is 10.9. The number of rotatable bonds is 8. The Kier molecular flexibility index (Phi) is 7.22. The first-order valence-corrected chi connectivity index (χ1v) is 10.9. The summed E-state index contributed by atoms with van der Waals surface area (Å²) in [5.74, 6) is 2.31. The summed E-state index contributed by atoms with van der Waals surface area (Å²) in [6, 6.07) is 18.7. The normalized spacial score (nSPS) is 12.3. The monoisotopic (exact) mass is 461 g/mol. The average Bonchev–Trinajstić information content (AvgIpc) is 2.90. The van der Waals surface area contributed by atoms with E-state index in [1.165, 1.54) is 21.3 Å². The van der Waals surface area contributed by atoms with Crippen molar-refractivity contribution >= 4 is 17.7 Å². The van der Waals surface area contributed by atoms with Crippen LogP contribution in [0.15, 0.2) is 66.7 Å². The number of nitrogens with zero attached hydrogens (tertiary/aromatic N) is 1. The molecule has 3 aromatic carbocycles. The Hall–Kier alpha value is -4.13. The van der Waals surface area contributed by atoms with Gasteiger partial charge in [0, 0.05) is 30.4 Å². The van der Waals surface area contributed by atoms with E-state index in [4.69, 9.17) is 23.7 Å². The van der Waals surface area contributed by atoms with Gasteiger partial charge >= 0.3 is 0 Å². The van der Waals surface area contributed by atoms with Gasteiger partial charge in [0.05, 0.1) is 26.9 Å². The Bertz CT molecular complexity index is 1180. The number of methoxy groups -OCH3 is 3. The molecule has 0 radical (unpaired) electrons. The summed E-state index contributed by atoms with van der Waals surface area (Å²) >= 11 is 0. The lowest BCUT2D eigenvalue weighted by molar-refractivity contribution is 0.0986. The molecule has 34 heavy (non-hydrogen) atoms. The van der Waals surface area contributed by atoms with Gasteiger partial charge in [-0.05, 0) is 17.7 Å². The topological polar surface area (TPSA) is 66.5 Å². The highest BCUT2D eigenvalue weighted by molar-refractivity contribution is 6.08. The number of carbonyl (C=O) groups excluding carboxylic acids is 1.